The summed E-state index contributed by atoms with van der Waals surface area (Å²) in [6, 6.07) is 44.7. The first-order valence-corrected chi connectivity index (χ1v) is 43.3. The van der Waals surface area contributed by atoms with E-state index in [1.807, 2.05) is 149 Å². The Morgan fingerprint density at radius 2 is 0.484 bits per heavy atom. The number of fused-ring (bicyclic) bond motifs is 24. The lowest BCUT2D eigenvalue weighted by Crippen LogP contribution is -2.45. The number of aromatic amines is 2. The fraction of sp³-hybridized carbons (Fsp3) is 0.320. The van der Waals surface area contributed by atoms with Gasteiger partial charge in [0.15, 0.2) is 23.3 Å². The van der Waals surface area contributed by atoms with Gasteiger partial charge < -0.3 is 64.5 Å². The van der Waals surface area contributed by atoms with Gasteiger partial charge in [-0.3, -0.25) is 0 Å². The Labute approximate surface area is 717 Å². The van der Waals surface area contributed by atoms with Gasteiger partial charge in [-0.1, -0.05) is 0 Å². The first-order valence-electron chi connectivity index (χ1n) is 43.3. The number of ether oxygens (including phenoxy) is 4. The van der Waals surface area contributed by atoms with E-state index in [1.54, 1.807) is 24.3 Å². The minimum Gasteiger partial charge on any atom is -0.457 e. The third-order valence-electron chi connectivity index (χ3n) is 27.4. The zero-order chi connectivity index (χ0) is 87.0. The summed E-state index contributed by atoms with van der Waals surface area (Å²) < 4.78 is 54.6. The van der Waals surface area contributed by atoms with E-state index < -0.39 is 0 Å². The van der Waals surface area contributed by atoms with Gasteiger partial charge in [0.05, 0.1) is 107 Å². The van der Waals surface area contributed by atoms with E-state index in [-0.39, 0.29) is 34.2 Å². The van der Waals surface area contributed by atoms with Crippen LogP contribution in [0.1, 0.15) is 99.9 Å². The second-order valence-electron chi connectivity index (χ2n) is 34.4. The van der Waals surface area contributed by atoms with Gasteiger partial charge in [-0.25, -0.2) is 49.1 Å². The summed E-state index contributed by atoms with van der Waals surface area (Å²) in [7, 11) is 8.83. The van der Waals surface area contributed by atoms with Gasteiger partial charge in [-0.2, -0.15) is 0 Å². The van der Waals surface area contributed by atoms with Crippen molar-refractivity contribution in [2.45, 2.75) is 109 Å². The molecule has 15 aromatic rings. The van der Waals surface area contributed by atoms with Crippen LogP contribution in [0.3, 0.4) is 0 Å². The van der Waals surface area contributed by atoms with E-state index in [1.165, 1.54) is 0 Å². The molecule has 0 saturated heterocycles. The van der Waals surface area contributed by atoms with E-state index in [0.717, 1.165) is 140 Å². The Kier molecular flexibility index (Phi) is 22.2. The number of aryl methyl sites for hydroxylation is 4. The van der Waals surface area contributed by atoms with Crippen molar-refractivity contribution in [3.05, 3.63) is 232 Å². The van der Waals surface area contributed by atoms with Crippen LogP contribution < -0.4 is 41.4 Å². The maximum Gasteiger partial charge on any atom is 0.339 e. The van der Waals surface area contributed by atoms with Crippen LogP contribution in [-0.2, 0) is 25.7 Å². The summed E-state index contributed by atoms with van der Waals surface area (Å²) in [5, 5.41) is 5.82. The molecule has 634 valence electrons. The highest BCUT2D eigenvalue weighted by molar-refractivity contribution is 6.07. The minimum atomic E-state index is -0.365. The number of quaternary nitrogens is 4. The van der Waals surface area contributed by atoms with E-state index in [0.29, 0.717) is 194 Å². The molecule has 2 aliphatic rings. The van der Waals surface area contributed by atoms with Gasteiger partial charge >= 0.3 is 22.5 Å². The number of hydrogen-bond acceptors (Lipinski definition) is 18. The van der Waals surface area contributed by atoms with Gasteiger partial charge in [-0.05, 0) is 227 Å². The average Bonchev–Trinajstić information content (AvgIpc) is 1.64. The zero-order valence-electron chi connectivity index (χ0n) is 73.5. The number of nitrogens with one attached hydrogen (secondary N) is 2. The summed E-state index contributed by atoms with van der Waals surface area (Å²) in [6.45, 7) is 36.1. The predicted molar refractivity (Wildman–Crippen MR) is 489 cm³/mol. The lowest BCUT2D eigenvalue weighted by atomic mass is 10.0. The zero-order valence-corrected chi connectivity index (χ0v) is 73.5. The maximum absolute atomic E-state index is 13.8. The van der Waals surface area contributed by atoms with Crippen molar-refractivity contribution in [2.24, 2.45) is 0 Å². The number of nitrogens with zero attached hydrogens (tertiary/aromatic N) is 10. The summed E-state index contributed by atoms with van der Waals surface area (Å²) in [5.74, 6) is 4.71. The van der Waals surface area contributed by atoms with Crippen LogP contribution in [0.15, 0.2) is 182 Å². The van der Waals surface area contributed by atoms with Gasteiger partial charge in [0.25, 0.3) is 0 Å². The normalized spacial score (nSPS) is 12.5. The van der Waals surface area contributed by atoms with Crippen molar-refractivity contribution >= 4 is 88.0 Å². The maximum atomic E-state index is 13.8. The van der Waals surface area contributed by atoms with Gasteiger partial charge in [-0.15, -0.1) is 0 Å². The highest BCUT2D eigenvalue weighted by Gasteiger charge is 2.30. The molecule has 0 unspecified atom stereocenters. The topological polar surface area (TPSA) is 267 Å². The van der Waals surface area contributed by atoms with Gasteiger partial charge in [0.2, 0.25) is 0 Å². The van der Waals surface area contributed by atoms with Crippen molar-refractivity contribution in [3.8, 4) is 91.5 Å². The molecule has 8 aromatic carbocycles. The van der Waals surface area contributed by atoms with Crippen LogP contribution in [0.2, 0.25) is 0 Å². The highest BCUT2D eigenvalue weighted by atomic mass is 16.5. The summed E-state index contributed by atoms with van der Waals surface area (Å²) >= 11 is 0. The fourth-order valence-electron chi connectivity index (χ4n) is 17.1. The first-order chi connectivity index (χ1) is 59.6. The summed E-state index contributed by atoms with van der Waals surface area (Å²) in [4.78, 5) is 94.8. The summed E-state index contributed by atoms with van der Waals surface area (Å²) in [5.41, 5.74) is 10.3. The van der Waals surface area contributed by atoms with Gasteiger partial charge in [0, 0.05) is 138 Å². The number of H-pyrrole nitrogens is 2. The number of aromatic nitrogens is 8. The largest absolute Gasteiger partial charge is 0.457 e. The Morgan fingerprint density at radius 3 is 0.742 bits per heavy atom. The monoisotopic (exact) mass is 1670 g/mol. The molecule has 0 fully saturated rings. The van der Waals surface area contributed by atoms with Crippen molar-refractivity contribution in [1.29, 1.82) is 0 Å². The lowest BCUT2D eigenvalue weighted by molar-refractivity contribution is -0.905. The van der Waals surface area contributed by atoms with Crippen LogP contribution in [-0.4, -0.2) is 165 Å². The van der Waals surface area contributed by atoms with Crippen molar-refractivity contribution in [1.82, 2.24) is 39.9 Å². The van der Waals surface area contributed by atoms with Crippen LogP contribution in [0, 0.1) is 27.7 Å². The average molecular weight is 1670 g/mol. The Morgan fingerprint density at radius 1 is 0.266 bits per heavy atom. The molecule has 124 heavy (non-hydrogen) atoms. The number of hydrogen-bond donors (Lipinski definition) is 2. The van der Waals surface area contributed by atoms with E-state index in [4.69, 9.17) is 66.5 Å². The molecule has 2 N–H and O–H groups in total. The molecule has 0 saturated carbocycles. The molecule has 24 heteroatoms. The first kappa shape index (κ1) is 83.3. The summed E-state index contributed by atoms with van der Waals surface area (Å²) in [6.07, 6.45) is 2.36. The molecule has 2 aliphatic heterocycles. The molecule has 7 aromatic heterocycles. The van der Waals surface area contributed by atoms with Crippen LogP contribution in [0.4, 0.5) is 0 Å². The van der Waals surface area contributed by atoms with Crippen LogP contribution >= 0.6 is 0 Å². The Hall–Kier alpha value is -13.0. The molecule has 0 spiro atoms. The quantitative estimate of drug-likeness (QED) is 0.0341. The lowest BCUT2D eigenvalue weighted by Gasteiger charge is -2.32. The number of rotatable bonds is 28. The van der Waals surface area contributed by atoms with Crippen LogP contribution in [0.25, 0.3) is 134 Å². The fourth-order valence-corrected chi connectivity index (χ4v) is 17.1. The molecule has 9 heterocycles. The Balaban J connectivity index is 0.818. The Bertz CT molecular complexity index is 6830. The third kappa shape index (κ3) is 15.9. The van der Waals surface area contributed by atoms with E-state index in [9.17, 15) is 19.2 Å². The van der Waals surface area contributed by atoms with Gasteiger partial charge in [0.1, 0.15) is 90.9 Å². The third-order valence-corrected chi connectivity index (χ3v) is 27.4. The molecule has 8 bridgehead atoms. The van der Waals surface area contributed by atoms with Crippen molar-refractivity contribution in [2.75, 3.05) is 107 Å². The minimum absolute atomic E-state index is 0.283. The van der Waals surface area contributed by atoms with E-state index in [2.05, 4.69) is 93.5 Å². The second kappa shape index (κ2) is 33.0. The second-order valence-corrected chi connectivity index (χ2v) is 34.4. The number of likely N-dealkylation sites (N-methyl/N-ethyl adjacent to an activating group) is 4. The van der Waals surface area contributed by atoms with E-state index >= 15 is 0 Å². The molecule has 0 radical (unpaired) electrons. The molecular weight excluding hydrogens is 1560 g/mol. The molecule has 0 aliphatic carbocycles. The van der Waals surface area contributed by atoms with Crippen molar-refractivity contribution < 1.29 is 54.5 Å². The molecule has 0 atom stereocenters. The molecule has 0 amide bonds. The van der Waals surface area contributed by atoms with Crippen molar-refractivity contribution in [3.63, 3.8) is 0 Å². The molecular formula is C100H106N12O12+4. The smallest absolute Gasteiger partial charge is 0.339 e. The highest BCUT2D eigenvalue weighted by Crippen LogP contribution is 2.44. The molecule has 24 nitrogen and oxygen atoms in total. The predicted octanol–water partition coefficient (Wildman–Crippen LogP) is 19.8. The standard InChI is InChI=1S/C100H106N12O12/c1-17-109(13,18-2)45-41-73-57(9)69-33-25-65(53-85(69)121-97(73)113)117-61-29-37-77-81(49-61)93-101-89(77)106-94-83-51-63(119-67-27-35-71-59(11)75(99(115)123-87(71)55-67)43-47-111(15,21-5)22-6)31-39-79(83)91(103-94)108-96-84-52-64(120-68-28-36-72-60(12)76(100(116)124-88(72)56-68)44-48-112(16,23-7)24-8)32-40-80(84)92(104-96)107-95-82-50-62(30-38-78(82)90(102-95)105-93)118-66-26-34-70-58(10)74(98(114)122-86(70)54-66)42-46-110(14,19-3)20-4/h25-40,49-56H,17-24,41-48H2,1-16H3,(H2,101,102,103,104,105,106,107,108)/q+4. The van der Waals surface area contributed by atoms with Crippen LogP contribution in [0.5, 0.6) is 46.0 Å². The SMILES string of the molecule is CC[N+](C)(CC)CCc1c(C)c2ccc(Oc3ccc4c(c3)-c3nc-4nc4[nH]c(nc5nc(nc6[nH]c(n3)c3ccc(Oc7ccc8c(C)c(CC[N+](C)(CC)CC)c(=O)oc8c7)cc63)-c3ccc(Oc6ccc7c(C)c(CC[N+](C)(CC)CC)c(=O)oc7c6)cc3-5)c3ccc(Oc5ccc6c(C)c(CC[N+](C)(CC)CC)c(=O)oc6c5)cc43)cc2oc1=O. The number of benzene rings is 8. The molecule has 17 rings (SSSR count).